The van der Waals surface area contributed by atoms with Crippen molar-refractivity contribution in [2.24, 2.45) is 0 Å². The zero-order valence-electron chi connectivity index (χ0n) is 14.9. The molecule has 7 nitrogen and oxygen atoms in total. The SMILES string of the molecule is O=C(CCc1nccc2ccccc12)OCc1ccccc1.O=C(O)C(=O)O. The molecule has 144 valence electrons. The molecule has 3 rings (SSSR count). The second-order valence-electron chi connectivity index (χ2n) is 5.74. The van der Waals surface area contributed by atoms with Crippen LogP contribution in [0.1, 0.15) is 17.7 Å². The first-order valence-electron chi connectivity index (χ1n) is 8.45. The summed E-state index contributed by atoms with van der Waals surface area (Å²) in [7, 11) is 0. The van der Waals surface area contributed by atoms with E-state index in [1.54, 1.807) is 6.20 Å². The van der Waals surface area contributed by atoms with Gasteiger partial charge in [-0.25, -0.2) is 9.59 Å². The largest absolute Gasteiger partial charge is 0.473 e. The lowest BCUT2D eigenvalue weighted by Gasteiger charge is -2.06. The number of aryl methyl sites for hydroxylation is 1. The fourth-order valence-corrected chi connectivity index (χ4v) is 2.41. The number of rotatable bonds is 5. The lowest BCUT2D eigenvalue weighted by Crippen LogP contribution is -2.09. The zero-order chi connectivity index (χ0) is 20.4. The zero-order valence-corrected chi connectivity index (χ0v) is 14.9. The van der Waals surface area contributed by atoms with Gasteiger partial charge in [0, 0.05) is 23.7 Å². The third-order valence-corrected chi connectivity index (χ3v) is 3.75. The minimum atomic E-state index is -1.82. The van der Waals surface area contributed by atoms with Crippen molar-refractivity contribution in [3.63, 3.8) is 0 Å². The third-order valence-electron chi connectivity index (χ3n) is 3.75. The fraction of sp³-hybridized carbons (Fsp3) is 0.143. The maximum atomic E-state index is 11.9. The molecule has 0 saturated heterocycles. The van der Waals surface area contributed by atoms with Crippen LogP contribution in [0.15, 0.2) is 66.9 Å². The first kappa shape index (κ1) is 20.6. The molecule has 2 N–H and O–H groups in total. The molecule has 28 heavy (non-hydrogen) atoms. The second-order valence-corrected chi connectivity index (χ2v) is 5.74. The highest BCUT2D eigenvalue weighted by molar-refractivity contribution is 6.27. The van der Waals surface area contributed by atoms with Crippen molar-refractivity contribution >= 4 is 28.7 Å². The van der Waals surface area contributed by atoms with E-state index >= 15 is 0 Å². The van der Waals surface area contributed by atoms with Crippen molar-refractivity contribution in [1.82, 2.24) is 4.98 Å². The number of carbonyl (C=O) groups excluding carboxylic acids is 1. The lowest BCUT2D eigenvalue weighted by molar-refractivity contribution is -0.159. The number of carboxylic acids is 2. The van der Waals surface area contributed by atoms with Crippen molar-refractivity contribution in [3.05, 3.63) is 78.1 Å². The van der Waals surface area contributed by atoms with Crippen LogP contribution in [0.25, 0.3) is 10.8 Å². The number of aliphatic carboxylic acids is 2. The molecular weight excluding hydrogens is 362 g/mol. The predicted octanol–water partition coefficient (Wildman–Crippen LogP) is 3.07. The molecular formula is C21H19NO6. The molecule has 0 bridgehead atoms. The van der Waals surface area contributed by atoms with Crippen LogP contribution in [-0.4, -0.2) is 33.1 Å². The number of carboxylic acid groups (broad SMARTS) is 2. The Morgan fingerprint density at radius 3 is 2.18 bits per heavy atom. The summed E-state index contributed by atoms with van der Waals surface area (Å²) >= 11 is 0. The van der Waals surface area contributed by atoms with E-state index in [0.717, 1.165) is 22.0 Å². The Kier molecular flexibility index (Phi) is 7.65. The van der Waals surface area contributed by atoms with Gasteiger partial charge in [-0.3, -0.25) is 9.78 Å². The molecule has 0 aliphatic rings. The van der Waals surface area contributed by atoms with Gasteiger partial charge in [0.2, 0.25) is 0 Å². The van der Waals surface area contributed by atoms with Crippen LogP contribution in [0.5, 0.6) is 0 Å². The summed E-state index contributed by atoms with van der Waals surface area (Å²) in [6, 6.07) is 19.7. The summed E-state index contributed by atoms with van der Waals surface area (Å²) in [4.78, 5) is 34.5. The van der Waals surface area contributed by atoms with E-state index in [0.29, 0.717) is 19.4 Å². The average molecular weight is 381 g/mol. The van der Waals surface area contributed by atoms with Crippen molar-refractivity contribution in [3.8, 4) is 0 Å². The van der Waals surface area contributed by atoms with E-state index in [1.807, 2.05) is 60.7 Å². The van der Waals surface area contributed by atoms with Crippen LogP contribution in [0.3, 0.4) is 0 Å². The lowest BCUT2D eigenvalue weighted by atomic mass is 10.1. The molecule has 0 aliphatic carbocycles. The summed E-state index contributed by atoms with van der Waals surface area (Å²) in [5, 5.41) is 17.0. The van der Waals surface area contributed by atoms with E-state index in [9.17, 15) is 4.79 Å². The Morgan fingerprint density at radius 1 is 0.857 bits per heavy atom. The Bertz CT molecular complexity index is 938. The number of fused-ring (bicyclic) bond motifs is 1. The van der Waals surface area contributed by atoms with E-state index in [2.05, 4.69) is 4.98 Å². The van der Waals surface area contributed by atoms with Crippen LogP contribution in [0.4, 0.5) is 0 Å². The Labute approximate surface area is 161 Å². The van der Waals surface area contributed by atoms with Crippen LogP contribution in [0.2, 0.25) is 0 Å². The molecule has 0 saturated carbocycles. The van der Waals surface area contributed by atoms with Gasteiger partial charge in [-0.2, -0.15) is 0 Å². The quantitative estimate of drug-likeness (QED) is 0.516. The highest BCUT2D eigenvalue weighted by atomic mass is 16.5. The topological polar surface area (TPSA) is 114 Å². The number of benzene rings is 2. The van der Waals surface area contributed by atoms with Gasteiger partial charge in [0.15, 0.2) is 0 Å². The Morgan fingerprint density at radius 2 is 1.50 bits per heavy atom. The summed E-state index contributed by atoms with van der Waals surface area (Å²) < 4.78 is 5.30. The van der Waals surface area contributed by atoms with Gasteiger partial charge >= 0.3 is 17.9 Å². The standard InChI is InChI=1S/C19H17NO2.C2H2O4/c21-19(22-14-15-6-2-1-3-7-15)11-10-18-17-9-5-4-8-16(17)12-13-20-18;3-1(4)2(5)6/h1-9,12-13H,10-11,14H2;(H,3,4)(H,5,6). The molecule has 0 atom stereocenters. The number of aromatic nitrogens is 1. The second kappa shape index (κ2) is 10.4. The third kappa shape index (κ3) is 6.53. The number of hydrogen-bond acceptors (Lipinski definition) is 5. The number of hydrogen-bond donors (Lipinski definition) is 2. The normalized spacial score (nSPS) is 9.86. The molecule has 2 aromatic carbocycles. The minimum absolute atomic E-state index is 0.196. The molecule has 0 amide bonds. The maximum absolute atomic E-state index is 11.9. The highest BCUT2D eigenvalue weighted by Gasteiger charge is 2.07. The van der Waals surface area contributed by atoms with Crippen molar-refractivity contribution in [2.45, 2.75) is 19.4 Å². The van der Waals surface area contributed by atoms with E-state index in [-0.39, 0.29) is 5.97 Å². The van der Waals surface area contributed by atoms with Crippen molar-refractivity contribution in [2.75, 3.05) is 0 Å². The molecule has 0 radical (unpaired) electrons. The predicted molar refractivity (Wildman–Crippen MR) is 102 cm³/mol. The van der Waals surface area contributed by atoms with Crippen molar-refractivity contribution < 1.29 is 29.3 Å². The smallest absolute Gasteiger partial charge is 0.414 e. The van der Waals surface area contributed by atoms with Crippen LogP contribution in [-0.2, 0) is 32.1 Å². The van der Waals surface area contributed by atoms with Gasteiger partial charge in [0.05, 0.1) is 6.42 Å². The molecule has 7 heteroatoms. The summed E-state index contributed by atoms with van der Waals surface area (Å²) in [6.45, 7) is 0.322. The van der Waals surface area contributed by atoms with Gasteiger partial charge in [0.25, 0.3) is 0 Å². The van der Waals surface area contributed by atoms with Crippen molar-refractivity contribution in [1.29, 1.82) is 0 Å². The van der Waals surface area contributed by atoms with Gasteiger partial charge in [-0.15, -0.1) is 0 Å². The van der Waals surface area contributed by atoms with Gasteiger partial charge in [-0.1, -0.05) is 54.6 Å². The number of nitrogens with zero attached hydrogens (tertiary/aromatic N) is 1. The average Bonchev–Trinajstić information content (AvgIpc) is 2.72. The van der Waals surface area contributed by atoms with Gasteiger partial charge in [0.1, 0.15) is 6.61 Å². The Balaban J connectivity index is 0.000000409. The maximum Gasteiger partial charge on any atom is 0.414 e. The molecule has 1 aromatic heterocycles. The molecule has 0 fully saturated rings. The number of pyridine rings is 1. The van der Waals surface area contributed by atoms with Gasteiger partial charge < -0.3 is 14.9 Å². The first-order valence-corrected chi connectivity index (χ1v) is 8.45. The van der Waals surface area contributed by atoms with Crippen LogP contribution in [0, 0.1) is 0 Å². The Hall–Kier alpha value is -3.74. The minimum Gasteiger partial charge on any atom is -0.473 e. The summed E-state index contributed by atoms with van der Waals surface area (Å²) in [5.74, 6) is -3.84. The molecule has 0 spiro atoms. The number of carbonyl (C=O) groups is 3. The highest BCUT2D eigenvalue weighted by Crippen LogP contribution is 2.17. The molecule has 0 unspecified atom stereocenters. The monoisotopic (exact) mass is 381 g/mol. The number of esters is 1. The van der Waals surface area contributed by atoms with Crippen LogP contribution < -0.4 is 0 Å². The van der Waals surface area contributed by atoms with E-state index < -0.39 is 11.9 Å². The first-order chi connectivity index (χ1) is 13.5. The fourth-order valence-electron chi connectivity index (χ4n) is 2.41. The van der Waals surface area contributed by atoms with E-state index in [1.165, 1.54) is 0 Å². The van der Waals surface area contributed by atoms with Crippen LogP contribution >= 0.6 is 0 Å². The summed E-state index contributed by atoms with van der Waals surface area (Å²) in [5.41, 5.74) is 1.94. The number of ether oxygens (including phenoxy) is 1. The molecule has 1 heterocycles. The molecule has 3 aromatic rings. The van der Waals surface area contributed by atoms with E-state index in [4.69, 9.17) is 24.5 Å². The summed E-state index contributed by atoms with van der Waals surface area (Å²) in [6.07, 6.45) is 2.72. The van der Waals surface area contributed by atoms with Gasteiger partial charge in [-0.05, 0) is 17.0 Å². The molecule has 0 aliphatic heterocycles.